The van der Waals surface area contributed by atoms with Crippen molar-refractivity contribution in [2.75, 3.05) is 13.2 Å². The number of hydrogen-bond donors (Lipinski definition) is 1. The molecule has 112 valence electrons. The lowest BCUT2D eigenvalue weighted by atomic mass is 10.2. The summed E-state index contributed by atoms with van der Waals surface area (Å²) in [5.74, 6) is 1.70. The molecule has 0 radical (unpaired) electrons. The highest BCUT2D eigenvalue weighted by Crippen LogP contribution is 2.33. The summed E-state index contributed by atoms with van der Waals surface area (Å²) in [6, 6.07) is 10.8. The Morgan fingerprint density at radius 3 is 2.90 bits per heavy atom. The Kier molecular flexibility index (Phi) is 4.39. The van der Waals surface area contributed by atoms with E-state index in [0.29, 0.717) is 6.04 Å². The molecular formula is C18H24N2O. The van der Waals surface area contributed by atoms with Crippen LogP contribution in [0, 0.1) is 12.8 Å². The van der Waals surface area contributed by atoms with Crippen LogP contribution in [-0.4, -0.2) is 24.2 Å². The molecule has 3 rings (SSSR count). The molecule has 1 aromatic heterocycles. The fraction of sp³-hybridized carbons (Fsp3) is 0.500. The van der Waals surface area contributed by atoms with Gasteiger partial charge in [0.25, 0.3) is 0 Å². The fourth-order valence-electron chi connectivity index (χ4n) is 2.70. The van der Waals surface area contributed by atoms with Gasteiger partial charge < -0.3 is 10.1 Å². The molecule has 1 aliphatic carbocycles. The van der Waals surface area contributed by atoms with Crippen molar-refractivity contribution in [1.29, 1.82) is 0 Å². The lowest BCUT2D eigenvalue weighted by Crippen LogP contribution is -2.37. The van der Waals surface area contributed by atoms with Gasteiger partial charge in [0.2, 0.25) is 0 Å². The molecule has 3 heteroatoms. The zero-order valence-electron chi connectivity index (χ0n) is 12.9. The summed E-state index contributed by atoms with van der Waals surface area (Å²) in [7, 11) is 0. The van der Waals surface area contributed by atoms with Gasteiger partial charge in [-0.1, -0.05) is 25.1 Å². The predicted molar refractivity (Wildman–Crippen MR) is 86.8 cm³/mol. The first-order valence-electron chi connectivity index (χ1n) is 8.00. The molecule has 0 saturated heterocycles. The van der Waals surface area contributed by atoms with Crippen LogP contribution in [-0.2, 0) is 0 Å². The summed E-state index contributed by atoms with van der Waals surface area (Å²) in [4.78, 5) is 4.63. The van der Waals surface area contributed by atoms with E-state index in [2.05, 4.69) is 29.4 Å². The first-order chi connectivity index (χ1) is 10.3. The Labute approximate surface area is 126 Å². The Bertz CT molecular complexity index is 607. The molecule has 2 aromatic rings. The first-order valence-corrected chi connectivity index (χ1v) is 8.00. The van der Waals surface area contributed by atoms with Gasteiger partial charge in [-0.05, 0) is 50.8 Å². The van der Waals surface area contributed by atoms with Crippen molar-refractivity contribution in [2.24, 2.45) is 5.92 Å². The van der Waals surface area contributed by atoms with Crippen LogP contribution < -0.4 is 10.1 Å². The minimum Gasteiger partial charge on any atom is -0.490 e. The van der Waals surface area contributed by atoms with Crippen LogP contribution in [0.1, 0.15) is 31.9 Å². The van der Waals surface area contributed by atoms with Crippen molar-refractivity contribution in [3.05, 3.63) is 36.0 Å². The molecule has 1 N–H and O–H groups in total. The van der Waals surface area contributed by atoms with Crippen LogP contribution >= 0.6 is 0 Å². The van der Waals surface area contributed by atoms with Crippen molar-refractivity contribution >= 4 is 10.9 Å². The third-order valence-electron chi connectivity index (χ3n) is 4.09. The number of nitrogens with one attached hydrogen (secondary N) is 1. The predicted octanol–water partition coefficient (Wildman–Crippen LogP) is 3.70. The summed E-state index contributed by atoms with van der Waals surface area (Å²) < 4.78 is 6.11. The van der Waals surface area contributed by atoms with E-state index in [1.807, 2.05) is 25.1 Å². The van der Waals surface area contributed by atoms with Gasteiger partial charge in [-0.2, -0.15) is 0 Å². The molecule has 0 bridgehead atoms. The van der Waals surface area contributed by atoms with Crippen LogP contribution in [0.2, 0.25) is 0 Å². The molecular weight excluding hydrogens is 260 g/mol. The third kappa shape index (κ3) is 3.53. The average Bonchev–Trinajstić information content (AvgIpc) is 3.32. The lowest BCUT2D eigenvalue weighted by molar-refractivity contribution is 0.251. The zero-order valence-corrected chi connectivity index (χ0v) is 12.9. The second kappa shape index (κ2) is 6.44. The maximum atomic E-state index is 6.11. The van der Waals surface area contributed by atoms with E-state index < -0.39 is 0 Å². The Hall–Kier alpha value is -1.61. The number of fused-ring (bicyclic) bond motifs is 1. The molecule has 1 heterocycles. The number of rotatable bonds is 7. The average molecular weight is 284 g/mol. The highest BCUT2D eigenvalue weighted by molar-refractivity contribution is 5.84. The van der Waals surface area contributed by atoms with Gasteiger partial charge in [-0.3, -0.25) is 0 Å². The molecule has 3 nitrogen and oxygen atoms in total. The van der Waals surface area contributed by atoms with E-state index in [-0.39, 0.29) is 0 Å². The minimum absolute atomic E-state index is 0.477. The summed E-state index contributed by atoms with van der Waals surface area (Å²) >= 11 is 0. The van der Waals surface area contributed by atoms with E-state index in [1.54, 1.807) is 0 Å². The Balaban J connectivity index is 1.73. The topological polar surface area (TPSA) is 34.1 Å². The lowest BCUT2D eigenvalue weighted by Gasteiger charge is -2.19. The molecule has 1 unspecified atom stereocenters. The summed E-state index contributed by atoms with van der Waals surface area (Å²) in [6.07, 6.45) is 3.83. The number of nitrogens with zero attached hydrogens (tertiary/aromatic N) is 1. The molecule has 0 spiro atoms. The third-order valence-corrected chi connectivity index (χ3v) is 4.09. The van der Waals surface area contributed by atoms with Gasteiger partial charge >= 0.3 is 0 Å². The maximum Gasteiger partial charge on any atom is 0.145 e. The number of ether oxygens (including phenoxy) is 1. The number of para-hydroxylation sites is 1. The quantitative estimate of drug-likeness (QED) is 0.842. The zero-order chi connectivity index (χ0) is 14.7. The molecule has 0 aliphatic heterocycles. The van der Waals surface area contributed by atoms with Crippen molar-refractivity contribution in [1.82, 2.24) is 10.3 Å². The second-order valence-corrected chi connectivity index (χ2v) is 5.99. The normalized spacial score (nSPS) is 16.1. The SMILES string of the molecule is CCCNC(COc1cccc2ccc(C)nc12)C1CC1. The van der Waals surface area contributed by atoms with Crippen LogP contribution in [0.25, 0.3) is 10.9 Å². The maximum absolute atomic E-state index is 6.11. The monoisotopic (exact) mass is 284 g/mol. The highest BCUT2D eigenvalue weighted by Gasteiger charge is 2.31. The van der Waals surface area contributed by atoms with Crippen molar-refractivity contribution in [3.63, 3.8) is 0 Å². The van der Waals surface area contributed by atoms with E-state index in [4.69, 9.17) is 4.74 Å². The van der Waals surface area contributed by atoms with E-state index in [0.717, 1.165) is 47.8 Å². The van der Waals surface area contributed by atoms with Crippen LogP contribution in [0.3, 0.4) is 0 Å². The van der Waals surface area contributed by atoms with Crippen molar-refractivity contribution in [3.8, 4) is 5.75 Å². The van der Waals surface area contributed by atoms with Crippen LogP contribution in [0.5, 0.6) is 5.75 Å². The number of aryl methyl sites for hydroxylation is 1. The highest BCUT2D eigenvalue weighted by atomic mass is 16.5. The molecule has 1 fully saturated rings. The fourth-order valence-corrected chi connectivity index (χ4v) is 2.70. The molecule has 0 amide bonds. The molecule has 1 aromatic carbocycles. The van der Waals surface area contributed by atoms with Crippen LogP contribution in [0.4, 0.5) is 0 Å². The van der Waals surface area contributed by atoms with Gasteiger partial charge in [0.1, 0.15) is 17.9 Å². The number of pyridine rings is 1. The minimum atomic E-state index is 0.477. The number of benzene rings is 1. The van der Waals surface area contributed by atoms with Crippen molar-refractivity contribution in [2.45, 2.75) is 39.2 Å². The van der Waals surface area contributed by atoms with Gasteiger partial charge in [0.15, 0.2) is 0 Å². The van der Waals surface area contributed by atoms with E-state index >= 15 is 0 Å². The number of aromatic nitrogens is 1. The van der Waals surface area contributed by atoms with Gasteiger partial charge in [0, 0.05) is 17.1 Å². The summed E-state index contributed by atoms with van der Waals surface area (Å²) in [5.41, 5.74) is 2.00. The van der Waals surface area contributed by atoms with Crippen molar-refractivity contribution < 1.29 is 4.74 Å². The molecule has 1 aliphatic rings. The van der Waals surface area contributed by atoms with E-state index in [1.165, 1.54) is 12.8 Å². The first kappa shape index (κ1) is 14.3. The largest absolute Gasteiger partial charge is 0.490 e. The molecule has 21 heavy (non-hydrogen) atoms. The summed E-state index contributed by atoms with van der Waals surface area (Å²) in [6.45, 7) is 6.03. The van der Waals surface area contributed by atoms with E-state index in [9.17, 15) is 0 Å². The standard InChI is InChI=1S/C18H24N2O/c1-3-11-19-16(14-9-10-14)12-21-17-6-4-5-15-8-7-13(2)20-18(15)17/h4-8,14,16,19H,3,9-12H2,1-2H3. The Morgan fingerprint density at radius 2 is 2.14 bits per heavy atom. The molecule has 1 atom stereocenters. The number of hydrogen-bond acceptors (Lipinski definition) is 3. The Morgan fingerprint density at radius 1 is 1.29 bits per heavy atom. The molecule has 1 saturated carbocycles. The van der Waals surface area contributed by atoms with Gasteiger partial charge in [-0.15, -0.1) is 0 Å². The summed E-state index contributed by atoms with van der Waals surface area (Å²) in [5, 5.41) is 4.76. The van der Waals surface area contributed by atoms with Gasteiger partial charge in [-0.25, -0.2) is 4.98 Å². The second-order valence-electron chi connectivity index (χ2n) is 5.99. The smallest absolute Gasteiger partial charge is 0.145 e. The van der Waals surface area contributed by atoms with Crippen LogP contribution in [0.15, 0.2) is 30.3 Å². The van der Waals surface area contributed by atoms with Gasteiger partial charge in [0.05, 0.1) is 0 Å².